The molecular formula is C19H24F2N2O2. The first kappa shape index (κ1) is 20.6. The number of nitriles is 1. The fourth-order valence-corrected chi connectivity index (χ4v) is 2.34. The summed E-state index contributed by atoms with van der Waals surface area (Å²) in [6, 6.07) is 7.63. The number of nitrogens with zero attached hydrogens (tertiary/aromatic N) is 1. The lowest BCUT2D eigenvalue weighted by atomic mass is 9.99. The number of nitrogens with one attached hydrogen (secondary N) is 1. The van der Waals surface area contributed by atoms with Gasteiger partial charge in [-0.2, -0.15) is 14.0 Å². The maximum atomic E-state index is 12.2. The molecule has 1 rings (SSSR count). The molecule has 0 aliphatic heterocycles. The number of alkyl halides is 2. The fourth-order valence-electron chi connectivity index (χ4n) is 2.34. The maximum Gasteiger partial charge on any atom is 0.387 e. The van der Waals surface area contributed by atoms with E-state index < -0.39 is 12.5 Å². The van der Waals surface area contributed by atoms with Gasteiger partial charge in [0.05, 0.1) is 0 Å². The monoisotopic (exact) mass is 350 g/mol. The highest BCUT2D eigenvalue weighted by atomic mass is 19.3. The number of carbonyl (C=O) groups excluding carboxylic acids is 1. The molecule has 0 heterocycles. The van der Waals surface area contributed by atoms with Crippen molar-refractivity contribution in [3.63, 3.8) is 0 Å². The minimum absolute atomic E-state index is 0.0205. The van der Waals surface area contributed by atoms with Crippen LogP contribution in [0.15, 0.2) is 29.8 Å². The third kappa shape index (κ3) is 7.79. The van der Waals surface area contributed by atoms with Crippen molar-refractivity contribution in [2.24, 2.45) is 5.92 Å². The molecular weight excluding hydrogens is 326 g/mol. The number of rotatable bonds is 10. The van der Waals surface area contributed by atoms with Crippen LogP contribution < -0.4 is 10.1 Å². The van der Waals surface area contributed by atoms with Crippen LogP contribution in [0.2, 0.25) is 0 Å². The molecule has 6 heteroatoms. The lowest BCUT2D eigenvalue weighted by Gasteiger charge is -2.15. The molecule has 1 amide bonds. The van der Waals surface area contributed by atoms with Crippen LogP contribution in [-0.4, -0.2) is 19.1 Å². The van der Waals surface area contributed by atoms with Gasteiger partial charge in [0.2, 0.25) is 0 Å². The van der Waals surface area contributed by atoms with Gasteiger partial charge >= 0.3 is 6.61 Å². The molecule has 0 aliphatic rings. The average Bonchev–Trinajstić information content (AvgIpc) is 2.60. The highest BCUT2D eigenvalue weighted by Crippen LogP contribution is 2.17. The van der Waals surface area contributed by atoms with Crippen molar-refractivity contribution in [1.29, 1.82) is 5.26 Å². The van der Waals surface area contributed by atoms with Crippen LogP contribution in [0.1, 0.15) is 45.1 Å². The molecule has 1 unspecified atom stereocenters. The number of ether oxygens (including phenoxy) is 1. The Kier molecular flexibility index (Phi) is 9.23. The first-order valence-corrected chi connectivity index (χ1v) is 8.45. The average molecular weight is 350 g/mol. The van der Waals surface area contributed by atoms with E-state index in [0.29, 0.717) is 18.0 Å². The number of hydrogen-bond acceptors (Lipinski definition) is 3. The summed E-state index contributed by atoms with van der Waals surface area (Å²) < 4.78 is 28.5. The lowest BCUT2D eigenvalue weighted by molar-refractivity contribution is -0.117. The Balaban J connectivity index is 2.68. The number of benzene rings is 1. The molecule has 1 atom stereocenters. The number of amides is 1. The molecule has 0 bridgehead atoms. The molecule has 1 N–H and O–H groups in total. The summed E-state index contributed by atoms with van der Waals surface area (Å²) in [5, 5.41) is 12.0. The van der Waals surface area contributed by atoms with Gasteiger partial charge in [-0.1, -0.05) is 45.2 Å². The minimum Gasteiger partial charge on any atom is -0.435 e. The molecule has 1 aromatic rings. The third-order valence-electron chi connectivity index (χ3n) is 3.88. The number of unbranched alkanes of at least 4 members (excludes halogenated alkanes) is 1. The topological polar surface area (TPSA) is 62.1 Å². The van der Waals surface area contributed by atoms with E-state index in [2.05, 4.69) is 23.9 Å². The van der Waals surface area contributed by atoms with Crippen LogP contribution in [0.3, 0.4) is 0 Å². The van der Waals surface area contributed by atoms with Gasteiger partial charge in [0.1, 0.15) is 17.4 Å². The van der Waals surface area contributed by atoms with Crippen LogP contribution in [-0.2, 0) is 4.79 Å². The van der Waals surface area contributed by atoms with E-state index in [0.717, 1.165) is 25.7 Å². The zero-order valence-corrected chi connectivity index (χ0v) is 14.6. The van der Waals surface area contributed by atoms with Crippen molar-refractivity contribution in [3.8, 4) is 11.8 Å². The molecule has 0 aliphatic carbocycles. The second-order valence-electron chi connectivity index (χ2n) is 5.74. The largest absolute Gasteiger partial charge is 0.435 e. The summed E-state index contributed by atoms with van der Waals surface area (Å²) in [5.41, 5.74) is 0.541. The second kappa shape index (κ2) is 11.2. The van der Waals surface area contributed by atoms with Crippen LogP contribution in [0.4, 0.5) is 8.78 Å². The summed E-state index contributed by atoms with van der Waals surface area (Å²) >= 11 is 0. The predicted molar refractivity (Wildman–Crippen MR) is 93.0 cm³/mol. The van der Waals surface area contributed by atoms with Crippen LogP contribution >= 0.6 is 0 Å². The lowest BCUT2D eigenvalue weighted by Crippen LogP contribution is -2.30. The van der Waals surface area contributed by atoms with E-state index in [4.69, 9.17) is 0 Å². The first-order chi connectivity index (χ1) is 12.0. The Bertz CT molecular complexity index is 607. The molecule has 0 saturated heterocycles. The Morgan fingerprint density at radius 2 is 2.00 bits per heavy atom. The predicted octanol–water partition coefficient (Wildman–Crippen LogP) is 4.53. The standard InChI is InChI=1S/C19H24F2N2O2/c1-3-5-6-14(4-2)13-23-18(24)16(12-22)11-15-7-9-17(10-8-15)25-19(20)21/h7-11,14,19H,3-6,13H2,1-2H3,(H,23,24)/b16-11+. The van der Waals surface area contributed by atoms with Crippen molar-refractivity contribution < 1.29 is 18.3 Å². The van der Waals surface area contributed by atoms with Crippen molar-refractivity contribution in [2.75, 3.05) is 6.54 Å². The van der Waals surface area contributed by atoms with E-state index in [1.807, 2.05) is 6.07 Å². The van der Waals surface area contributed by atoms with E-state index >= 15 is 0 Å². The molecule has 0 radical (unpaired) electrons. The van der Waals surface area contributed by atoms with Crippen molar-refractivity contribution in [1.82, 2.24) is 5.32 Å². The molecule has 4 nitrogen and oxygen atoms in total. The Morgan fingerprint density at radius 1 is 1.32 bits per heavy atom. The summed E-state index contributed by atoms with van der Waals surface area (Å²) in [4.78, 5) is 12.2. The summed E-state index contributed by atoms with van der Waals surface area (Å²) in [5.74, 6) is -0.00296. The van der Waals surface area contributed by atoms with Gasteiger partial charge in [-0.15, -0.1) is 0 Å². The highest BCUT2D eigenvalue weighted by Gasteiger charge is 2.12. The van der Waals surface area contributed by atoms with E-state index in [-0.39, 0.29) is 11.3 Å². The first-order valence-electron chi connectivity index (χ1n) is 8.45. The molecule has 136 valence electrons. The van der Waals surface area contributed by atoms with Gasteiger partial charge in [0.25, 0.3) is 5.91 Å². The van der Waals surface area contributed by atoms with Gasteiger partial charge in [-0.25, -0.2) is 0 Å². The Morgan fingerprint density at radius 3 is 2.52 bits per heavy atom. The second-order valence-corrected chi connectivity index (χ2v) is 5.74. The van der Waals surface area contributed by atoms with Gasteiger partial charge < -0.3 is 10.1 Å². The van der Waals surface area contributed by atoms with Crippen LogP contribution in [0.5, 0.6) is 5.75 Å². The van der Waals surface area contributed by atoms with Crippen molar-refractivity contribution >= 4 is 12.0 Å². The number of carbonyl (C=O) groups is 1. The van der Waals surface area contributed by atoms with Crippen LogP contribution in [0, 0.1) is 17.2 Å². The molecule has 0 saturated carbocycles. The van der Waals surface area contributed by atoms with Crippen LogP contribution in [0.25, 0.3) is 6.08 Å². The minimum atomic E-state index is -2.89. The normalized spacial score (nSPS) is 12.6. The van der Waals surface area contributed by atoms with Gasteiger partial charge in [0, 0.05) is 6.54 Å². The Hall–Kier alpha value is -2.42. The molecule has 1 aromatic carbocycles. The van der Waals surface area contributed by atoms with Gasteiger partial charge in [-0.05, 0) is 36.1 Å². The SMILES string of the molecule is CCCCC(CC)CNC(=O)/C(C#N)=C/c1ccc(OC(F)F)cc1. The molecule has 0 fully saturated rings. The fraction of sp³-hybridized carbons (Fsp3) is 0.474. The number of hydrogen-bond donors (Lipinski definition) is 1. The molecule has 0 aromatic heterocycles. The Labute approximate surface area is 147 Å². The molecule has 0 spiro atoms. The van der Waals surface area contributed by atoms with Gasteiger partial charge in [0.15, 0.2) is 0 Å². The maximum absolute atomic E-state index is 12.2. The summed E-state index contributed by atoms with van der Waals surface area (Å²) in [6.45, 7) is 1.85. The quantitative estimate of drug-likeness (QED) is 0.498. The third-order valence-corrected chi connectivity index (χ3v) is 3.88. The van der Waals surface area contributed by atoms with E-state index in [1.54, 1.807) is 0 Å². The van der Waals surface area contributed by atoms with E-state index in [9.17, 15) is 18.8 Å². The zero-order chi connectivity index (χ0) is 18.7. The smallest absolute Gasteiger partial charge is 0.387 e. The zero-order valence-electron chi connectivity index (χ0n) is 14.6. The highest BCUT2D eigenvalue weighted by molar-refractivity contribution is 6.01. The van der Waals surface area contributed by atoms with Gasteiger partial charge in [-0.3, -0.25) is 4.79 Å². The summed E-state index contributed by atoms with van der Waals surface area (Å²) in [6.07, 6.45) is 5.66. The van der Waals surface area contributed by atoms with E-state index in [1.165, 1.54) is 30.3 Å². The summed E-state index contributed by atoms with van der Waals surface area (Å²) in [7, 11) is 0. The van der Waals surface area contributed by atoms with Crippen molar-refractivity contribution in [3.05, 3.63) is 35.4 Å². The van der Waals surface area contributed by atoms with Crippen molar-refractivity contribution in [2.45, 2.75) is 46.1 Å². The number of halogens is 2. The molecule has 25 heavy (non-hydrogen) atoms.